The van der Waals surface area contributed by atoms with E-state index in [0.717, 1.165) is 17.4 Å². The number of anilines is 1. The lowest BCUT2D eigenvalue weighted by Crippen LogP contribution is -2.21. The molecule has 1 aromatic rings. The molecule has 0 saturated carbocycles. The van der Waals surface area contributed by atoms with Crippen molar-refractivity contribution >= 4 is 5.69 Å². The van der Waals surface area contributed by atoms with Crippen molar-refractivity contribution < 1.29 is 26.3 Å². The van der Waals surface area contributed by atoms with Crippen LogP contribution in [0.15, 0.2) is 24.3 Å². The highest BCUT2D eigenvalue weighted by molar-refractivity contribution is 5.46. The van der Waals surface area contributed by atoms with E-state index in [1.54, 1.807) is 0 Å². The largest absolute Gasteiger partial charge is 0.482 e. The number of nitrogens with one attached hydrogen (secondary N) is 1. The number of alkyl halides is 6. The average molecular weight is 229 g/mol. The van der Waals surface area contributed by atoms with Crippen LogP contribution in [0.5, 0.6) is 0 Å². The summed E-state index contributed by atoms with van der Waals surface area (Å²) in [5, 5.41) is 0.994. The lowest BCUT2D eigenvalue weighted by molar-refractivity contribution is -0.137. The van der Waals surface area contributed by atoms with Crippen molar-refractivity contribution in [1.82, 2.24) is 0 Å². The molecule has 7 heteroatoms. The molecule has 0 amide bonds. The second kappa shape index (κ2) is 3.63. The lowest BCUT2D eigenvalue weighted by Gasteiger charge is -2.12. The summed E-state index contributed by atoms with van der Waals surface area (Å²) in [6, 6.07) is 2.90. The van der Waals surface area contributed by atoms with Crippen molar-refractivity contribution in [3.8, 4) is 0 Å². The van der Waals surface area contributed by atoms with E-state index in [2.05, 4.69) is 0 Å². The van der Waals surface area contributed by atoms with Crippen LogP contribution in [-0.4, -0.2) is 6.30 Å². The molecule has 0 fully saturated rings. The molecular formula is C8H5F6N. The fourth-order valence-corrected chi connectivity index (χ4v) is 0.937. The van der Waals surface area contributed by atoms with Crippen LogP contribution in [0.1, 0.15) is 5.56 Å². The summed E-state index contributed by atoms with van der Waals surface area (Å²) in [5.74, 6) is 0. The van der Waals surface area contributed by atoms with E-state index < -0.39 is 23.7 Å². The highest BCUT2D eigenvalue weighted by Crippen LogP contribution is 2.31. The summed E-state index contributed by atoms with van der Waals surface area (Å²) in [5.41, 5.74) is -1.77. The van der Waals surface area contributed by atoms with Crippen molar-refractivity contribution in [1.29, 1.82) is 0 Å². The van der Waals surface area contributed by atoms with Gasteiger partial charge in [0, 0.05) is 5.69 Å². The number of hydrogen-bond acceptors (Lipinski definition) is 1. The number of hydrogen-bond donors (Lipinski definition) is 1. The van der Waals surface area contributed by atoms with E-state index in [4.69, 9.17) is 0 Å². The van der Waals surface area contributed by atoms with E-state index >= 15 is 0 Å². The van der Waals surface area contributed by atoms with Gasteiger partial charge < -0.3 is 0 Å². The fraction of sp³-hybridized carbons (Fsp3) is 0.250. The Bertz CT molecular complexity index is 340. The van der Waals surface area contributed by atoms with Crippen molar-refractivity contribution in [2.24, 2.45) is 0 Å². The topological polar surface area (TPSA) is 12.0 Å². The van der Waals surface area contributed by atoms with Gasteiger partial charge in [-0.1, -0.05) is 6.07 Å². The molecule has 0 aliphatic carbocycles. The van der Waals surface area contributed by atoms with Gasteiger partial charge in [0.2, 0.25) is 0 Å². The Balaban J connectivity index is 2.94. The average Bonchev–Trinajstić information content (AvgIpc) is 1.99. The molecule has 84 valence electrons. The van der Waals surface area contributed by atoms with Crippen molar-refractivity contribution in [2.75, 3.05) is 5.32 Å². The zero-order valence-corrected chi connectivity index (χ0v) is 7.08. The first-order chi connectivity index (χ1) is 6.68. The van der Waals surface area contributed by atoms with Gasteiger partial charge in [0.25, 0.3) is 0 Å². The first kappa shape index (κ1) is 11.7. The molecule has 0 unspecified atom stereocenters. The number of halogens is 6. The Labute approximate surface area is 80.7 Å². The van der Waals surface area contributed by atoms with Gasteiger partial charge >= 0.3 is 12.5 Å². The summed E-state index contributed by atoms with van der Waals surface area (Å²) in [6.45, 7) is 0. The molecule has 0 aliphatic rings. The SMILES string of the molecule is FC(F)(F)Nc1cccc(C(F)(F)F)c1. The summed E-state index contributed by atoms with van der Waals surface area (Å²) < 4.78 is 71.6. The third-order valence-electron chi connectivity index (χ3n) is 1.48. The molecule has 0 atom stereocenters. The van der Waals surface area contributed by atoms with Gasteiger partial charge in [0.1, 0.15) is 0 Å². The summed E-state index contributed by atoms with van der Waals surface area (Å²) in [7, 11) is 0. The summed E-state index contributed by atoms with van der Waals surface area (Å²) >= 11 is 0. The van der Waals surface area contributed by atoms with Crippen LogP contribution in [0.4, 0.5) is 32.0 Å². The van der Waals surface area contributed by atoms with E-state index in [-0.39, 0.29) is 0 Å². The van der Waals surface area contributed by atoms with Crippen molar-refractivity contribution in [2.45, 2.75) is 12.5 Å². The minimum Gasteiger partial charge on any atom is -0.297 e. The third-order valence-corrected chi connectivity index (χ3v) is 1.48. The molecule has 0 radical (unpaired) electrons. The molecule has 1 N–H and O–H groups in total. The van der Waals surface area contributed by atoms with Crippen LogP contribution < -0.4 is 5.32 Å². The predicted molar refractivity (Wildman–Crippen MR) is 41.1 cm³/mol. The number of rotatable bonds is 1. The monoisotopic (exact) mass is 229 g/mol. The smallest absolute Gasteiger partial charge is 0.297 e. The van der Waals surface area contributed by atoms with E-state index in [1.165, 1.54) is 0 Å². The normalized spacial score (nSPS) is 12.7. The van der Waals surface area contributed by atoms with E-state index in [9.17, 15) is 26.3 Å². The van der Waals surface area contributed by atoms with Crippen LogP contribution in [0.2, 0.25) is 0 Å². The third kappa shape index (κ3) is 3.69. The molecule has 0 heterocycles. The molecule has 15 heavy (non-hydrogen) atoms. The maximum absolute atomic E-state index is 12.1. The molecule has 1 rings (SSSR count). The van der Waals surface area contributed by atoms with Gasteiger partial charge in [-0.25, -0.2) is 0 Å². The van der Waals surface area contributed by atoms with Crippen LogP contribution in [-0.2, 0) is 6.18 Å². The quantitative estimate of drug-likeness (QED) is 0.572. The lowest BCUT2D eigenvalue weighted by atomic mass is 10.2. The van der Waals surface area contributed by atoms with Crippen molar-refractivity contribution in [3.05, 3.63) is 29.8 Å². The summed E-state index contributed by atoms with van der Waals surface area (Å²) in [6.07, 6.45) is -9.40. The molecule has 0 spiro atoms. The molecule has 0 aliphatic heterocycles. The fourth-order valence-electron chi connectivity index (χ4n) is 0.937. The molecular weight excluding hydrogens is 224 g/mol. The Kier molecular flexibility index (Phi) is 2.83. The van der Waals surface area contributed by atoms with Crippen molar-refractivity contribution in [3.63, 3.8) is 0 Å². The second-order valence-corrected chi connectivity index (χ2v) is 2.70. The Morgan fingerprint density at radius 3 is 2.00 bits per heavy atom. The maximum Gasteiger partial charge on any atom is 0.482 e. The zero-order valence-electron chi connectivity index (χ0n) is 7.08. The van der Waals surface area contributed by atoms with Gasteiger partial charge in [-0.15, -0.1) is 0 Å². The Morgan fingerprint density at radius 2 is 1.53 bits per heavy atom. The maximum atomic E-state index is 12.1. The Morgan fingerprint density at radius 1 is 0.933 bits per heavy atom. The standard InChI is InChI=1S/C8H5F6N/c9-7(10,11)5-2-1-3-6(4-5)15-8(12,13)14/h1-4,15H. The minimum atomic E-state index is -4.75. The second-order valence-electron chi connectivity index (χ2n) is 2.70. The summed E-state index contributed by atoms with van der Waals surface area (Å²) in [4.78, 5) is 0. The predicted octanol–water partition coefficient (Wildman–Crippen LogP) is 3.64. The highest BCUT2D eigenvalue weighted by Gasteiger charge is 2.32. The van der Waals surface area contributed by atoms with Gasteiger partial charge in [-0.05, 0) is 18.2 Å². The Hall–Kier alpha value is -1.40. The molecule has 1 aromatic carbocycles. The zero-order chi connectivity index (χ0) is 11.7. The van der Waals surface area contributed by atoms with Gasteiger partial charge in [0.05, 0.1) is 5.56 Å². The van der Waals surface area contributed by atoms with Crippen LogP contribution in [0.3, 0.4) is 0 Å². The van der Waals surface area contributed by atoms with Crippen LogP contribution in [0, 0.1) is 0 Å². The molecule has 0 aromatic heterocycles. The molecule has 0 bridgehead atoms. The van der Waals surface area contributed by atoms with Gasteiger partial charge in [0.15, 0.2) is 0 Å². The van der Waals surface area contributed by atoms with Gasteiger partial charge in [-0.3, -0.25) is 5.32 Å². The van der Waals surface area contributed by atoms with Crippen LogP contribution in [0.25, 0.3) is 0 Å². The molecule has 0 saturated heterocycles. The molecule has 1 nitrogen and oxygen atoms in total. The minimum absolute atomic E-state index is 0.396. The van der Waals surface area contributed by atoms with E-state index in [1.807, 2.05) is 0 Å². The van der Waals surface area contributed by atoms with E-state index in [0.29, 0.717) is 12.1 Å². The first-order valence-electron chi connectivity index (χ1n) is 3.71. The van der Waals surface area contributed by atoms with Crippen LogP contribution >= 0.6 is 0 Å². The first-order valence-corrected chi connectivity index (χ1v) is 3.71. The van der Waals surface area contributed by atoms with Gasteiger partial charge in [-0.2, -0.15) is 26.3 Å². The highest BCUT2D eigenvalue weighted by atomic mass is 19.4. The number of benzene rings is 1.